The molecule has 0 saturated carbocycles. The van der Waals surface area contributed by atoms with Crippen molar-refractivity contribution in [2.24, 2.45) is 55.6 Å². The average Bonchev–Trinajstić information content (AvgIpc) is 1.33. The molecular formula is C96H137N9O25. The van der Waals surface area contributed by atoms with Crippen LogP contribution in [0.5, 0.6) is 11.5 Å². The number of aliphatic hydroxyl groups excluding tert-OH is 8. The highest BCUT2D eigenvalue weighted by Gasteiger charge is 2.37. The number of aromatic nitrogens is 1. The summed E-state index contributed by atoms with van der Waals surface area (Å²) in [5.41, 5.74) is 9.12. The number of rotatable bonds is 46. The highest BCUT2D eigenvalue weighted by atomic mass is 16.6. The van der Waals surface area contributed by atoms with Crippen molar-refractivity contribution in [3.63, 3.8) is 0 Å². The fourth-order valence-electron chi connectivity index (χ4n) is 13.5. The zero-order chi connectivity index (χ0) is 97.0. The zero-order valence-electron chi connectivity index (χ0n) is 78.9. The number of hydrogen-bond donors (Lipinski definition) is 13. The van der Waals surface area contributed by atoms with Crippen molar-refractivity contribution in [1.82, 2.24) is 4.98 Å². The lowest BCUT2D eigenvalue weighted by Gasteiger charge is -2.32. The van der Waals surface area contributed by atoms with E-state index in [9.17, 15) is 69.6 Å². The number of methoxy groups -OCH3 is 5. The number of benzene rings is 5. The molecule has 0 bridgehead atoms. The number of nitrogens with zero attached hydrogens (tertiary/aromatic N) is 4. The molecule has 13 N–H and O–H groups in total. The fourth-order valence-corrected chi connectivity index (χ4v) is 13.5. The number of amides is 4. The summed E-state index contributed by atoms with van der Waals surface area (Å²) in [5, 5.41) is 108. The number of allylic oxidation sites excluding steroid dienone is 1. The average molecular weight is 1820 g/mol. The first-order valence-corrected chi connectivity index (χ1v) is 43.2. The Bertz CT molecular complexity index is 4810. The number of carbonyl (C=O) groups is 6. The quantitative estimate of drug-likeness (QED) is 0.00730. The molecule has 0 aliphatic heterocycles. The summed E-state index contributed by atoms with van der Waals surface area (Å²) < 4.78 is 38.9. The minimum absolute atomic E-state index is 0.00160. The number of hydrogen-bond acceptors (Lipinski definition) is 29. The highest BCUT2D eigenvalue weighted by molar-refractivity contribution is 6.02. The lowest BCUT2D eigenvalue weighted by molar-refractivity contribution is -0.121. The number of ether oxygens (including phenoxy) is 7. The summed E-state index contributed by atoms with van der Waals surface area (Å²) in [5.74, 6) is 0.0947. The van der Waals surface area contributed by atoms with Gasteiger partial charge in [-0.25, -0.2) is 0 Å². The van der Waals surface area contributed by atoms with Gasteiger partial charge in [0.05, 0.1) is 50.4 Å². The van der Waals surface area contributed by atoms with Gasteiger partial charge in [0.2, 0.25) is 0 Å². The largest absolute Gasteiger partial charge is 0.497 e. The number of ketones is 2. The molecule has 0 spiro atoms. The van der Waals surface area contributed by atoms with E-state index in [4.69, 9.17) is 52.5 Å². The van der Waals surface area contributed by atoms with E-state index >= 15 is 0 Å². The van der Waals surface area contributed by atoms with Crippen LogP contribution in [0, 0.1) is 35.0 Å². The Morgan fingerprint density at radius 3 is 1.37 bits per heavy atom. The van der Waals surface area contributed by atoms with Gasteiger partial charge in [0, 0.05) is 98.7 Å². The fraction of sp³-hybridized carbons (Fsp3) is 0.521. The predicted molar refractivity (Wildman–Crippen MR) is 500 cm³/mol. The number of aromatic amines is 1. The third-order valence-corrected chi connectivity index (χ3v) is 20.2. The summed E-state index contributed by atoms with van der Waals surface area (Å²) in [6.07, 6.45) is -4.19. The van der Waals surface area contributed by atoms with Crippen LogP contribution in [-0.2, 0) is 92.7 Å². The van der Waals surface area contributed by atoms with Crippen molar-refractivity contribution >= 4 is 104 Å². The molecule has 1 aromatic heterocycles. The van der Waals surface area contributed by atoms with E-state index < -0.39 is 103 Å². The van der Waals surface area contributed by atoms with Crippen molar-refractivity contribution in [3.05, 3.63) is 155 Å². The van der Waals surface area contributed by atoms with Gasteiger partial charge in [0.25, 0.3) is 23.6 Å². The van der Waals surface area contributed by atoms with Crippen molar-refractivity contribution in [1.29, 1.82) is 0 Å². The van der Waals surface area contributed by atoms with E-state index in [-0.39, 0.29) is 96.2 Å². The second-order valence-corrected chi connectivity index (χ2v) is 34.6. The lowest BCUT2D eigenvalue weighted by atomic mass is 9.83. The van der Waals surface area contributed by atoms with Crippen LogP contribution in [0.15, 0.2) is 137 Å². The first-order chi connectivity index (χ1) is 61.4. The van der Waals surface area contributed by atoms with Gasteiger partial charge in [-0.2, -0.15) is 0 Å². The summed E-state index contributed by atoms with van der Waals surface area (Å²) in [4.78, 5) is 98.2. The molecule has 8 rings (SSSR count). The molecule has 130 heavy (non-hydrogen) atoms. The molecule has 716 valence electrons. The molecule has 6 aromatic rings. The van der Waals surface area contributed by atoms with Crippen molar-refractivity contribution in [3.8, 4) is 11.5 Å². The second-order valence-electron chi connectivity index (χ2n) is 34.6. The van der Waals surface area contributed by atoms with Gasteiger partial charge in [0.15, 0.2) is 32.2 Å². The first-order valence-electron chi connectivity index (χ1n) is 43.2. The molecule has 34 heteroatoms. The highest BCUT2D eigenvalue weighted by Crippen LogP contribution is 2.33. The molecule has 0 saturated heterocycles. The Labute approximate surface area is 762 Å². The van der Waals surface area contributed by atoms with Crippen LogP contribution in [0.3, 0.4) is 0 Å². The van der Waals surface area contributed by atoms with E-state index in [0.29, 0.717) is 65.9 Å². The topological polar surface area (TPSA) is 479 Å². The van der Waals surface area contributed by atoms with Crippen molar-refractivity contribution in [2.45, 2.75) is 217 Å². The smallest absolute Gasteiger partial charge is 0.265 e. The molecule has 1 heterocycles. The zero-order valence-corrected chi connectivity index (χ0v) is 78.9. The molecule has 2 aliphatic carbocycles. The Hall–Kier alpha value is -10.9. The Morgan fingerprint density at radius 1 is 0.469 bits per heavy atom. The third-order valence-electron chi connectivity index (χ3n) is 20.2. The van der Waals surface area contributed by atoms with Gasteiger partial charge < -0.3 is 120 Å². The maximum atomic E-state index is 13.5. The van der Waals surface area contributed by atoms with Crippen LogP contribution in [-0.4, -0.2) is 252 Å². The number of aliphatic hydroxyl groups is 8. The van der Waals surface area contributed by atoms with E-state index in [1.165, 1.54) is 56.1 Å². The van der Waals surface area contributed by atoms with E-state index in [1.807, 2.05) is 169 Å². The van der Waals surface area contributed by atoms with Crippen LogP contribution in [0.25, 0.3) is 22.7 Å². The Morgan fingerprint density at radius 2 is 0.908 bits per heavy atom. The van der Waals surface area contributed by atoms with Gasteiger partial charge in [0.1, 0.15) is 94.7 Å². The normalized spacial score (nSPS) is 15.6. The van der Waals surface area contributed by atoms with Gasteiger partial charge in [-0.15, -0.1) is 0 Å². The second kappa shape index (κ2) is 54.1. The summed E-state index contributed by atoms with van der Waals surface area (Å²) >= 11 is 0. The number of Topliss-reactive ketones (excluding diaryl/α,β-unsaturated/α-hetero) is 2. The van der Waals surface area contributed by atoms with E-state index in [0.717, 1.165) is 56.4 Å². The third kappa shape index (κ3) is 34.8. The van der Waals surface area contributed by atoms with Crippen LogP contribution in [0.4, 0.5) is 22.7 Å². The molecule has 2 aliphatic rings. The number of anilines is 4. The standard InChI is InChI=1S/C37H54N2O9.C20H28N2O6.C20H28N2O5.C19H27N3O5/c1-22(2)19-46-31-17-26(25(6)44-10)12-13-28(31)16-30(41)27-14-15-29(32(18-27)47-20-23(3)4)38-33(42)21-48-39-34(35(43)24(5)40)36(45-11)37(7,8)9;1-11(2)20(27-4)18(19(26)12(3)23)22-28-10-17(25)21-15-6-5-13-8-16(24)9-14(13)7-15;1-12(2)20(26-4)18(19(25)13(3)23)22-27-11-17(24)21-16-10-6-8-14-7-5-9-15(14)16;1-11(2)19(26-4)17(18(25)12(3)23)22-27-10-16(24)21-14-6-5-13-7-8-20-15(13)9-14/h12-15,17-18,22-24,35-36,40,43H,6,16,19-21H2,1-5,7-11H3,(H,38,42);5-7,11-12,19-20,23,26H,8-10H2,1-4H3,(H,21,25);5-6,8-10,12-13,19-20,23,25H,7,11H2,1-4H3,(H,21,24);5-9,11-12,18-20,23,25H,10H2,1-4H3,(H,21,24)/b39-34+;2*22-18+;22-17+/t24-,35+,36-;12-,19+,20+;13-,19+,20+;12-,18+,19+/m1111/s1. The SMILES string of the molecule is C=C(OC)c1ccc(CC(=O)c2ccc(NC(=O)CO/N=C(\[C@@H](O)[C@@H](C)O)[C@@H](OC)C(C)(C)C)c(OCC(C)C)c2)c(OCC(C)C)c1.CO[C@H](/C(=N/OCC(=O)Nc1ccc2c(c1)CC(=O)C2)[C@@H](O)[C@@H](C)O)C(C)C.CO[C@H](/C(=N/OCC(=O)Nc1ccc2cc[nH]c2c1)[C@@H](O)[C@@H](C)O)C(C)C.CO[C@H](/C(=N/OCC(=O)Nc1cccc2c1C=CC2)[C@@H](O)[C@@H](C)O)C(C)C. The number of carbonyl (C=O) groups excluding carboxylic acids is 6. The van der Waals surface area contributed by atoms with Gasteiger partial charge in [-0.05, 0) is 152 Å². The monoisotopic (exact) mass is 1820 g/mol. The molecule has 0 radical (unpaired) electrons. The van der Waals surface area contributed by atoms with Crippen LogP contribution in [0.1, 0.15) is 161 Å². The van der Waals surface area contributed by atoms with Gasteiger partial charge >= 0.3 is 0 Å². The van der Waals surface area contributed by atoms with E-state index in [1.54, 1.807) is 43.5 Å². The van der Waals surface area contributed by atoms with Gasteiger partial charge in [-0.1, -0.05) is 166 Å². The summed E-state index contributed by atoms with van der Waals surface area (Å²) in [6, 6.07) is 28.9. The molecule has 0 fully saturated rings. The Kier molecular flexibility index (Phi) is 45.6. The molecule has 0 unspecified atom stereocenters. The molecule has 34 nitrogen and oxygen atoms in total. The summed E-state index contributed by atoms with van der Waals surface area (Å²) in [7, 11) is 7.46. The number of nitrogens with one attached hydrogen (secondary N) is 5. The van der Waals surface area contributed by atoms with Crippen LogP contribution in [0.2, 0.25) is 0 Å². The molecule has 4 amide bonds. The molecular weight excluding hydrogens is 1680 g/mol. The minimum atomic E-state index is -1.36. The van der Waals surface area contributed by atoms with E-state index in [2.05, 4.69) is 53.5 Å². The van der Waals surface area contributed by atoms with Gasteiger partial charge in [-0.3, -0.25) is 28.8 Å². The van der Waals surface area contributed by atoms with Crippen LogP contribution < -0.4 is 30.7 Å². The molecule has 5 aromatic carbocycles. The van der Waals surface area contributed by atoms with Crippen LogP contribution >= 0.6 is 0 Å². The maximum absolute atomic E-state index is 13.5. The molecule has 12 atom stereocenters. The Balaban J connectivity index is 0.000000318. The lowest BCUT2D eigenvalue weighted by Crippen LogP contribution is -2.46. The first kappa shape index (κ1) is 110. The predicted octanol–water partition coefficient (Wildman–Crippen LogP) is 10.9. The maximum Gasteiger partial charge on any atom is 0.265 e. The van der Waals surface area contributed by atoms with Crippen molar-refractivity contribution in [2.75, 3.05) is 96.5 Å². The summed E-state index contributed by atoms with van der Waals surface area (Å²) in [6.45, 7) is 34.0. The number of H-pyrrole nitrogens is 1. The number of fused-ring (bicyclic) bond motifs is 3. The minimum Gasteiger partial charge on any atom is -0.497 e. The number of oxime groups is 4. The van der Waals surface area contributed by atoms with Crippen molar-refractivity contribution < 1.29 is 122 Å².